The number of aliphatic hydroxyl groups is 14. The lowest BCUT2D eigenvalue weighted by Crippen LogP contribution is -2.48. The van der Waals surface area contributed by atoms with Crippen molar-refractivity contribution in [2.75, 3.05) is 116 Å². The van der Waals surface area contributed by atoms with Crippen molar-refractivity contribution >= 4 is 274 Å². The summed E-state index contributed by atoms with van der Waals surface area (Å²) in [6.45, 7) is -9.89. The molecule has 32 nitrogen and oxygen atoms in total. The number of halogens is 9. The van der Waals surface area contributed by atoms with E-state index < -0.39 is 193 Å². The molecule has 3 rings (SSSR count). The van der Waals surface area contributed by atoms with Gasteiger partial charge in [0.15, 0.2) is 18.3 Å². The smallest absolute Gasteiger partial charge is 0.256 e. The number of nitrogens with one attached hydrogen (secondary N) is 6. The Balaban J connectivity index is 2.34. The van der Waals surface area contributed by atoms with Crippen molar-refractivity contribution in [1.82, 2.24) is 30.7 Å². The zero-order chi connectivity index (χ0) is 69.4. The van der Waals surface area contributed by atoms with Gasteiger partial charge in [0.05, 0.1) is 142 Å². The lowest BCUT2D eigenvalue weighted by Gasteiger charge is -2.32. The highest BCUT2D eigenvalue weighted by molar-refractivity contribution is 14.1. The van der Waals surface area contributed by atoms with Crippen LogP contribution in [-0.4, -0.2) is 288 Å². The van der Waals surface area contributed by atoms with E-state index in [2.05, 4.69) is 31.9 Å². The Morgan fingerprint density at radius 2 is 0.560 bits per heavy atom. The quantitative estimate of drug-likeness (QED) is 0.0276. The van der Waals surface area contributed by atoms with Crippen molar-refractivity contribution in [1.29, 1.82) is 0 Å². The molecule has 0 heterocycles. The molecule has 20 N–H and O–H groups in total. The number of rotatable bonds is 32. The fourth-order valence-corrected chi connectivity index (χ4v) is 20.8. The number of aliphatic hydroxyl groups excluding tert-OH is 14. The predicted molar refractivity (Wildman–Crippen MR) is 397 cm³/mol. The largest absolute Gasteiger partial charge is 0.394 e. The van der Waals surface area contributed by atoms with Crippen LogP contribution >= 0.6 is 203 Å². The van der Waals surface area contributed by atoms with Gasteiger partial charge in [0.25, 0.3) is 53.2 Å². The van der Waals surface area contributed by atoms with Crippen LogP contribution in [0.2, 0.25) is 0 Å². The van der Waals surface area contributed by atoms with E-state index in [1.165, 1.54) is 14.1 Å². The third kappa shape index (κ3) is 22.2. The number of hydrogen-bond donors (Lipinski definition) is 20. The zero-order valence-corrected chi connectivity index (χ0v) is 66.4. The molecule has 41 heteroatoms. The maximum Gasteiger partial charge on any atom is 0.256 e. The minimum absolute atomic E-state index is 0.0156. The van der Waals surface area contributed by atoms with Crippen LogP contribution in [0.15, 0.2) is 0 Å². The standard InChI is InChI=1S/C50H60I9N9O23/c1-66(48(89)27-30(51)24(45(86)60-3-16(75)10-69)33(54)39(36(27)57)63-42(83)21(80)13-72)6-19(78)8-68(50(91)29-32(53)26(47(88)62-5-18(77)12-71)35(56)41(38(29)59)65-44(85)23(82)15-74)9-20(79)7-67(2)49(90)28-31(52)25(46(87)61-4-17(76)11-70)34(55)40(37(28)58)64-43(84)22(81)14-73/h16-23,69-82H,3-15H2,1-2H3,(H,60,86)(H,61,87)(H,62,88)(H,63,83)(H,64,84)(H,65,85). The van der Waals surface area contributed by atoms with Crippen molar-refractivity contribution in [3.8, 4) is 0 Å². The average molecular weight is 2300 g/mol. The number of benzene rings is 3. The summed E-state index contributed by atoms with van der Waals surface area (Å²) in [5.74, 6) is -9.24. The van der Waals surface area contributed by atoms with E-state index in [1.807, 2.05) is 0 Å². The van der Waals surface area contributed by atoms with Gasteiger partial charge in [-0.05, 0) is 203 Å². The Bertz CT molecular complexity index is 3090. The molecule has 0 fully saturated rings. The van der Waals surface area contributed by atoms with Crippen LogP contribution in [0.5, 0.6) is 0 Å². The number of carbonyl (C=O) groups is 9. The van der Waals surface area contributed by atoms with Crippen molar-refractivity contribution in [2.45, 2.75) is 48.8 Å². The van der Waals surface area contributed by atoms with Gasteiger partial charge in [0.2, 0.25) is 0 Å². The monoisotopic (exact) mass is 2300 g/mol. The summed E-state index contributed by atoms with van der Waals surface area (Å²) >= 11 is 15.1. The van der Waals surface area contributed by atoms with Gasteiger partial charge in [0, 0.05) is 70.6 Å². The maximum absolute atomic E-state index is 15.5. The molecule has 91 heavy (non-hydrogen) atoms. The fraction of sp³-hybridized carbons (Fsp3) is 0.460. The zero-order valence-electron chi connectivity index (χ0n) is 47.0. The summed E-state index contributed by atoms with van der Waals surface area (Å²) < 4.78 is -0.374. The number of amides is 9. The van der Waals surface area contributed by atoms with E-state index in [1.54, 1.807) is 203 Å². The van der Waals surface area contributed by atoms with Gasteiger partial charge in [-0.3, -0.25) is 43.2 Å². The molecular formula is C50H60I9N9O23. The summed E-state index contributed by atoms with van der Waals surface area (Å²) in [7, 11) is 2.41. The summed E-state index contributed by atoms with van der Waals surface area (Å²) in [5, 5.41) is 156. The van der Waals surface area contributed by atoms with Gasteiger partial charge < -0.3 is 118 Å². The van der Waals surface area contributed by atoms with E-state index in [0.29, 0.717) is 0 Å². The number of anilines is 3. The minimum Gasteiger partial charge on any atom is -0.394 e. The van der Waals surface area contributed by atoms with Crippen molar-refractivity contribution in [2.24, 2.45) is 0 Å². The molecule has 3 aromatic rings. The van der Waals surface area contributed by atoms with Gasteiger partial charge in [-0.25, -0.2) is 0 Å². The van der Waals surface area contributed by atoms with Crippen LogP contribution in [-0.2, 0) is 14.4 Å². The van der Waals surface area contributed by atoms with E-state index in [4.69, 9.17) is 0 Å². The number of carbonyl (C=O) groups excluding carboxylic acids is 9. The van der Waals surface area contributed by atoms with Gasteiger partial charge in [-0.15, -0.1) is 0 Å². The molecule has 3 aromatic carbocycles. The number of likely N-dealkylation sites (N-methyl/N-ethyl adjacent to an activating group) is 2. The molecule has 0 radical (unpaired) electrons. The van der Waals surface area contributed by atoms with Crippen molar-refractivity contribution in [3.63, 3.8) is 0 Å². The molecular weight excluding hydrogens is 2240 g/mol. The van der Waals surface area contributed by atoms with Crippen molar-refractivity contribution in [3.05, 3.63) is 65.5 Å². The first-order valence-corrected chi connectivity index (χ1v) is 35.5. The van der Waals surface area contributed by atoms with Crippen LogP contribution in [0.25, 0.3) is 0 Å². The third-order valence-electron chi connectivity index (χ3n) is 12.4. The first kappa shape index (κ1) is 84.1. The summed E-state index contributed by atoms with van der Waals surface area (Å²) in [6, 6.07) is 0. The molecule has 0 aliphatic rings. The normalized spacial score (nSPS) is 13.9. The third-order valence-corrected chi connectivity index (χ3v) is 22.1. The van der Waals surface area contributed by atoms with E-state index in [-0.39, 0.29) is 77.0 Å². The van der Waals surface area contributed by atoms with Crippen LogP contribution in [0, 0.1) is 32.1 Å². The molecule has 8 atom stereocenters. The van der Waals surface area contributed by atoms with Crippen molar-refractivity contribution < 1.29 is 115 Å². The number of hydrogen-bond acceptors (Lipinski definition) is 23. The fourth-order valence-electron chi connectivity index (χ4n) is 7.64. The summed E-state index contributed by atoms with van der Waals surface area (Å²) in [5.41, 5.74) is -2.35. The van der Waals surface area contributed by atoms with Crippen LogP contribution in [0.1, 0.15) is 62.1 Å². The second kappa shape index (κ2) is 39.5. The molecule has 0 aromatic heterocycles. The van der Waals surface area contributed by atoms with Crippen LogP contribution < -0.4 is 31.9 Å². The Morgan fingerprint density at radius 3 is 0.791 bits per heavy atom. The molecule has 0 aliphatic heterocycles. The van der Waals surface area contributed by atoms with Gasteiger partial charge in [-0.1, -0.05) is 0 Å². The van der Waals surface area contributed by atoms with E-state index in [9.17, 15) is 110 Å². The van der Waals surface area contributed by atoms with Crippen LogP contribution in [0.3, 0.4) is 0 Å². The summed E-state index contributed by atoms with van der Waals surface area (Å²) in [4.78, 5) is 128. The predicted octanol–water partition coefficient (Wildman–Crippen LogP) is -3.04. The highest BCUT2D eigenvalue weighted by Gasteiger charge is 2.37. The molecule has 8 unspecified atom stereocenters. The molecule has 0 bridgehead atoms. The summed E-state index contributed by atoms with van der Waals surface area (Å²) in [6.07, 6.45) is -13.9. The molecule has 0 saturated heterocycles. The molecule has 9 amide bonds. The number of nitrogens with zero attached hydrogens (tertiary/aromatic N) is 3. The maximum atomic E-state index is 15.5. The second-order valence-electron chi connectivity index (χ2n) is 19.3. The van der Waals surface area contributed by atoms with E-state index >= 15 is 4.79 Å². The Kier molecular flexibility index (Phi) is 36.5. The lowest BCUT2D eigenvalue weighted by atomic mass is 10.1. The first-order chi connectivity index (χ1) is 42.5. The van der Waals surface area contributed by atoms with Gasteiger partial charge in [0.1, 0.15) is 0 Å². The molecule has 0 aliphatic carbocycles. The van der Waals surface area contributed by atoms with Gasteiger partial charge in [-0.2, -0.15) is 0 Å². The second-order valence-corrected chi connectivity index (χ2v) is 29.0. The topological polar surface area (TPSA) is 519 Å². The highest BCUT2D eigenvalue weighted by atomic mass is 127. The van der Waals surface area contributed by atoms with Gasteiger partial charge >= 0.3 is 0 Å². The average Bonchev–Trinajstić information content (AvgIpc) is 0.784. The lowest BCUT2D eigenvalue weighted by molar-refractivity contribution is -0.126. The van der Waals surface area contributed by atoms with Crippen LogP contribution in [0.4, 0.5) is 17.1 Å². The first-order valence-electron chi connectivity index (χ1n) is 25.8. The minimum atomic E-state index is -2.03. The SMILES string of the molecule is CN(CC(O)CN(CC(O)CN(C)C(=O)c1c(I)c(NC(=O)C(O)CO)c(I)c(C(=O)NCC(O)CO)c1I)C(=O)c1c(I)c(NC(=O)C(O)CO)c(I)c(C(=O)NCC(O)CO)c1I)C(=O)c1c(I)c(NC(=O)C(O)CO)c(I)c(C(=O)NCC(O)CO)c1I. The Morgan fingerprint density at radius 1 is 0.330 bits per heavy atom. The Labute approximate surface area is 640 Å². The highest BCUT2D eigenvalue weighted by Crippen LogP contribution is 2.40. The molecule has 506 valence electrons. The Hall–Kier alpha value is -1.10. The molecule has 0 saturated carbocycles. The molecule has 0 spiro atoms. The van der Waals surface area contributed by atoms with E-state index in [0.717, 1.165) is 14.7 Å².